The number of carbonyl (C=O) groups is 1. The molecule has 1 atom stereocenters. The molecule has 0 bridgehead atoms. The first-order chi connectivity index (χ1) is 10.4. The minimum Gasteiger partial charge on any atom is -0.377 e. The molecule has 22 heavy (non-hydrogen) atoms. The summed E-state index contributed by atoms with van der Waals surface area (Å²) >= 11 is 0. The third-order valence-corrected chi connectivity index (χ3v) is 5.20. The van der Waals surface area contributed by atoms with Crippen LogP contribution in [0.2, 0.25) is 0 Å². The van der Waals surface area contributed by atoms with Crippen molar-refractivity contribution in [3.63, 3.8) is 0 Å². The highest BCUT2D eigenvalue weighted by Crippen LogP contribution is 2.14. The second kappa shape index (κ2) is 7.21. The second-order valence-corrected chi connectivity index (χ2v) is 7.10. The molecule has 1 fully saturated rings. The quantitative estimate of drug-likeness (QED) is 0.853. The Labute approximate surface area is 131 Å². The van der Waals surface area contributed by atoms with Crippen LogP contribution in [-0.2, 0) is 14.8 Å². The van der Waals surface area contributed by atoms with Crippen molar-refractivity contribution in [1.29, 1.82) is 0 Å². The van der Waals surface area contributed by atoms with Gasteiger partial charge in [0.2, 0.25) is 10.0 Å². The Morgan fingerprint density at radius 3 is 2.59 bits per heavy atom. The van der Waals surface area contributed by atoms with E-state index in [0.29, 0.717) is 18.7 Å². The van der Waals surface area contributed by atoms with Crippen molar-refractivity contribution in [3.05, 3.63) is 29.8 Å². The summed E-state index contributed by atoms with van der Waals surface area (Å²) < 4.78 is 32.3. The lowest BCUT2D eigenvalue weighted by atomic mass is 10.2. The van der Waals surface area contributed by atoms with Crippen molar-refractivity contribution >= 4 is 15.9 Å². The lowest BCUT2D eigenvalue weighted by molar-refractivity contribution is 0.0802. The molecule has 1 saturated heterocycles. The first kappa shape index (κ1) is 16.9. The van der Waals surface area contributed by atoms with Gasteiger partial charge in [-0.3, -0.25) is 4.79 Å². The fraction of sp³-hybridized carbons (Fsp3) is 0.533. The van der Waals surface area contributed by atoms with Crippen LogP contribution in [-0.4, -0.2) is 52.1 Å². The van der Waals surface area contributed by atoms with E-state index in [-0.39, 0.29) is 23.5 Å². The Balaban J connectivity index is 2.03. The predicted octanol–water partition coefficient (Wildman–Crippen LogP) is 1.24. The standard InChI is InChI=1S/C15H22N2O4S/c1-3-17(2)15(18)12-6-8-14(9-7-12)22(19,20)16-11-13-5-4-10-21-13/h6-9,13,16H,3-5,10-11H2,1-2H3. The first-order valence-electron chi connectivity index (χ1n) is 7.41. The summed E-state index contributed by atoms with van der Waals surface area (Å²) in [4.78, 5) is 13.7. The number of nitrogens with one attached hydrogen (secondary N) is 1. The van der Waals surface area contributed by atoms with Gasteiger partial charge in [0, 0.05) is 32.3 Å². The molecule has 7 heteroatoms. The molecule has 6 nitrogen and oxygen atoms in total. The van der Waals surface area contributed by atoms with E-state index in [0.717, 1.165) is 12.8 Å². The minimum atomic E-state index is -3.57. The number of ether oxygens (including phenoxy) is 1. The molecule has 1 N–H and O–H groups in total. The molecular weight excluding hydrogens is 304 g/mol. The maximum absolute atomic E-state index is 12.2. The molecule has 0 radical (unpaired) electrons. The van der Waals surface area contributed by atoms with Gasteiger partial charge >= 0.3 is 0 Å². The van der Waals surface area contributed by atoms with Gasteiger partial charge < -0.3 is 9.64 Å². The molecule has 1 aliphatic heterocycles. The van der Waals surface area contributed by atoms with Gasteiger partial charge in [-0.05, 0) is 44.0 Å². The topological polar surface area (TPSA) is 75.7 Å². The monoisotopic (exact) mass is 326 g/mol. The number of hydrogen-bond donors (Lipinski definition) is 1. The van der Waals surface area contributed by atoms with Crippen molar-refractivity contribution in [3.8, 4) is 0 Å². The Morgan fingerprint density at radius 2 is 2.05 bits per heavy atom. The van der Waals surface area contributed by atoms with Crippen LogP contribution in [0.15, 0.2) is 29.2 Å². The maximum atomic E-state index is 12.2. The SMILES string of the molecule is CCN(C)C(=O)c1ccc(S(=O)(=O)NCC2CCCO2)cc1. The van der Waals surface area contributed by atoms with Crippen LogP contribution in [0.5, 0.6) is 0 Å². The van der Waals surface area contributed by atoms with E-state index in [4.69, 9.17) is 4.74 Å². The summed E-state index contributed by atoms with van der Waals surface area (Å²) in [7, 11) is -1.87. The minimum absolute atomic E-state index is 0.0474. The highest BCUT2D eigenvalue weighted by atomic mass is 32.2. The Morgan fingerprint density at radius 1 is 1.36 bits per heavy atom. The van der Waals surface area contributed by atoms with Gasteiger partial charge in [0.15, 0.2) is 0 Å². The van der Waals surface area contributed by atoms with Crippen molar-refractivity contribution < 1.29 is 17.9 Å². The van der Waals surface area contributed by atoms with Crippen molar-refractivity contribution in [2.24, 2.45) is 0 Å². The van der Waals surface area contributed by atoms with E-state index in [1.165, 1.54) is 24.3 Å². The van der Waals surface area contributed by atoms with Crippen molar-refractivity contribution in [1.82, 2.24) is 9.62 Å². The average molecular weight is 326 g/mol. The van der Waals surface area contributed by atoms with Crippen LogP contribution < -0.4 is 4.72 Å². The van der Waals surface area contributed by atoms with Crippen LogP contribution >= 0.6 is 0 Å². The zero-order valence-corrected chi connectivity index (χ0v) is 13.7. The summed E-state index contributed by atoms with van der Waals surface area (Å²) in [5.41, 5.74) is 0.474. The summed E-state index contributed by atoms with van der Waals surface area (Å²) in [6.07, 6.45) is 1.79. The van der Waals surface area contributed by atoms with Gasteiger partial charge in [0.1, 0.15) is 0 Å². The van der Waals surface area contributed by atoms with Crippen LogP contribution in [0.3, 0.4) is 0 Å². The molecule has 1 aliphatic rings. The molecule has 1 heterocycles. The van der Waals surface area contributed by atoms with Crippen LogP contribution in [0.1, 0.15) is 30.1 Å². The van der Waals surface area contributed by atoms with E-state index < -0.39 is 10.0 Å². The van der Waals surface area contributed by atoms with Gasteiger partial charge in [0.05, 0.1) is 11.0 Å². The maximum Gasteiger partial charge on any atom is 0.253 e. The van der Waals surface area contributed by atoms with E-state index in [9.17, 15) is 13.2 Å². The second-order valence-electron chi connectivity index (χ2n) is 5.33. The largest absolute Gasteiger partial charge is 0.377 e. The van der Waals surface area contributed by atoms with Crippen LogP contribution in [0.4, 0.5) is 0 Å². The van der Waals surface area contributed by atoms with E-state index >= 15 is 0 Å². The number of sulfonamides is 1. The van der Waals surface area contributed by atoms with Gasteiger partial charge in [0.25, 0.3) is 5.91 Å². The number of carbonyl (C=O) groups excluding carboxylic acids is 1. The fourth-order valence-corrected chi connectivity index (χ4v) is 3.30. The zero-order chi connectivity index (χ0) is 16.2. The molecule has 1 unspecified atom stereocenters. The Bertz CT molecular complexity index is 607. The molecule has 0 spiro atoms. The van der Waals surface area contributed by atoms with Crippen LogP contribution in [0, 0.1) is 0 Å². The molecular formula is C15H22N2O4S. The fourth-order valence-electron chi connectivity index (χ4n) is 2.23. The molecule has 122 valence electrons. The smallest absolute Gasteiger partial charge is 0.253 e. The van der Waals surface area contributed by atoms with Gasteiger partial charge in [-0.15, -0.1) is 0 Å². The summed E-state index contributed by atoms with van der Waals surface area (Å²) in [6.45, 7) is 3.45. The van der Waals surface area contributed by atoms with E-state index in [1.54, 1.807) is 11.9 Å². The van der Waals surface area contributed by atoms with Crippen LogP contribution in [0.25, 0.3) is 0 Å². The third kappa shape index (κ3) is 4.06. The molecule has 0 saturated carbocycles. The first-order valence-corrected chi connectivity index (χ1v) is 8.89. The van der Waals surface area contributed by atoms with Gasteiger partial charge in [-0.1, -0.05) is 0 Å². The summed E-state index contributed by atoms with van der Waals surface area (Å²) in [6, 6.07) is 5.98. The molecule has 1 aromatic rings. The number of rotatable bonds is 6. The third-order valence-electron chi connectivity index (χ3n) is 3.76. The number of amides is 1. The number of hydrogen-bond acceptors (Lipinski definition) is 4. The van der Waals surface area contributed by atoms with E-state index in [1.807, 2.05) is 6.92 Å². The van der Waals surface area contributed by atoms with E-state index in [2.05, 4.69) is 4.72 Å². The molecule has 0 aromatic heterocycles. The molecule has 1 aromatic carbocycles. The zero-order valence-electron chi connectivity index (χ0n) is 12.9. The average Bonchev–Trinajstić information content (AvgIpc) is 3.05. The van der Waals surface area contributed by atoms with Crippen molar-refractivity contribution in [2.75, 3.05) is 26.7 Å². The molecule has 2 rings (SSSR count). The Hall–Kier alpha value is -1.44. The van der Waals surface area contributed by atoms with Crippen molar-refractivity contribution in [2.45, 2.75) is 30.8 Å². The normalized spacial score (nSPS) is 18.4. The molecule has 0 aliphatic carbocycles. The summed E-state index contributed by atoms with van der Waals surface area (Å²) in [5.74, 6) is -0.126. The predicted molar refractivity (Wildman–Crippen MR) is 83.2 cm³/mol. The highest BCUT2D eigenvalue weighted by Gasteiger charge is 2.20. The number of benzene rings is 1. The summed E-state index contributed by atoms with van der Waals surface area (Å²) in [5, 5.41) is 0. The Kier molecular flexibility index (Phi) is 5.55. The highest BCUT2D eigenvalue weighted by molar-refractivity contribution is 7.89. The number of nitrogens with zero attached hydrogens (tertiary/aromatic N) is 1. The lowest BCUT2D eigenvalue weighted by Gasteiger charge is -2.15. The lowest BCUT2D eigenvalue weighted by Crippen LogP contribution is -2.32. The van der Waals surface area contributed by atoms with Gasteiger partial charge in [-0.2, -0.15) is 0 Å². The van der Waals surface area contributed by atoms with Gasteiger partial charge in [-0.25, -0.2) is 13.1 Å². The molecule has 1 amide bonds.